The van der Waals surface area contributed by atoms with E-state index in [9.17, 15) is 20.0 Å². The molecule has 23 heavy (non-hydrogen) atoms. The SMILES string of the molecule is CN(C)CCn1nnnc1Sc1ccc([N+](=O)[O-])cc1C(=O)O. The summed E-state index contributed by atoms with van der Waals surface area (Å²) in [5.74, 6) is -1.25. The maximum atomic E-state index is 11.3. The Kier molecular flexibility index (Phi) is 5.24. The van der Waals surface area contributed by atoms with E-state index >= 15 is 0 Å². The Morgan fingerprint density at radius 1 is 1.48 bits per heavy atom. The van der Waals surface area contributed by atoms with E-state index in [-0.39, 0.29) is 11.3 Å². The van der Waals surface area contributed by atoms with Crippen LogP contribution in [-0.2, 0) is 6.54 Å². The lowest BCUT2D eigenvalue weighted by Crippen LogP contribution is -2.19. The standard InChI is InChI=1S/C12H14N6O4S/c1-16(2)5-6-17-12(13-14-15-17)23-10-4-3-8(18(21)22)7-9(10)11(19)20/h3-4,7H,5-6H2,1-2H3,(H,19,20). The molecule has 1 N–H and O–H groups in total. The fourth-order valence-electron chi connectivity index (χ4n) is 1.69. The van der Waals surface area contributed by atoms with Crippen LogP contribution < -0.4 is 0 Å². The van der Waals surface area contributed by atoms with Gasteiger partial charge >= 0.3 is 5.97 Å². The number of rotatable bonds is 7. The molecule has 0 fully saturated rings. The maximum absolute atomic E-state index is 11.3. The number of carbonyl (C=O) groups is 1. The zero-order valence-corrected chi connectivity index (χ0v) is 13.2. The number of carboxylic acids is 1. The van der Waals surface area contributed by atoms with Crippen LogP contribution in [0.1, 0.15) is 10.4 Å². The van der Waals surface area contributed by atoms with Crippen molar-refractivity contribution in [3.63, 3.8) is 0 Å². The summed E-state index contributed by atoms with van der Waals surface area (Å²) in [6.07, 6.45) is 0. The number of nitrogens with zero attached hydrogens (tertiary/aromatic N) is 6. The van der Waals surface area contributed by atoms with Gasteiger partial charge in [-0.05, 0) is 42.4 Å². The van der Waals surface area contributed by atoms with E-state index < -0.39 is 10.9 Å². The molecule has 0 saturated carbocycles. The number of hydrogen-bond donors (Lipinski definition) is 1. The molecule has 0 unspecified atom stereocenters. The third-order valence-electron chi connectivity index (χ3n) is 2.86. The highest BCUT2D eigenvalue weighted by Crippen LogP contribution is 2.31. The predicted molar refractivity (Wildman–Crippen MR) is 80.5 cm³/mol. The molecule has 1 aromatic heterocycles. The summed E-state index contributed by atoms with van der Waals surface area (Å²) in [7, 11) is 3.83. The van der Waals surface area contributed by atoms with E-state index in [1.54, 1.807) is 4.68 Å². The highest BCUT2D eigenvalue weighted by atomic mass is 32.2. The van der Waals surface area contributed by atoms with E-state index in [0.29, 0.717) is 23.1 Å². The summed E-state index contributed by atoms with van der Waals surface area (Å²) >= 11 is 1.05. The highest BCUT2D eigenvalue weighted by Gasteiger charge is 2.19. The second-order valence-corrected chi connectivity index (χ2v) is 5.84. The molecule has 0 atom stereocenters. The molecule has 1 heterocycles. The zero-order valence-electron chi connectivity index (χ0n) is 12.4. The lowest BCUT2D eigenvalue weighted by atomic mass is 10.2. The van der Waals surface area contributed by atoms with Crippen molar-refractivity contribution in [3.8, 4) is 0 Å². The number of likely N-dealkylation sites (N-methyl/N-ethyl adjacent to an activating group) is 1. The first-order valence-corrected chi connectivity index (χ1v) is 7.30. The van der Waals surface area contributed by atoms with Gasteiger partial charge in [-0.25, -0.2) is 9.48 Å². The largest absolute Gasteiger partial charge is 0.478 e. The molecule has 0 aliphatic carbocycles. The minimum atomic E-state index is -1.25. The van der Waals surface area contributed by atoms with Gasteiger partial charge in [0.05, 0.1) is 17.0 Å². The molecule has 0 aliphatic heterocycles. The van der Waals surface area contributed by atoms with Gasteiger partial charge in [-0.15, -0.1) is 5.10 Å². The molecular formula is C12H14N6O4S. The topological polar surface area (TPSA) is 127 Å². The van der Waals surface area contributed by atoms with Gasteiger partial charge in [0.15, 0.2) is 0 Å². The summed E-state index contributed by atoms with van der Waals surface area (Å²) < 4.78 is 1.55. The van der Waals surface area contributed by atoms with Gasteiger partial charge in [-0.2, -0.15) is 0 Å². The number of carboxylic acid groups (broad SMARTS) is 1. The van der Waals surface area contributed by atoms with Crippen LogP contribution in [0.15, 0.2) is 28.3 Å². The number of non-ortho nitro benzene ring substituents is 1. The first kappa shape index (κ1) is 16.8. The first-order valence-electron chi connectivity index (χ1n) is 6.49. The van der Waals surface area contributed by atoms with Gasteiger partial charge < -0.3 is 10.0 Å². The fraction of sp³-hybridized carbons (Fsp3) is 0.333. The van der Waals surface area contributed by atoms with E-state index in [4.69, 9.17) is 0 Å². The van der Waals surface area contributed by atoms with Crippen molar-refractivity contribution in [1.29, 1.82) is 0 Å². The fourth-order valence-corrected chi connectivity index (χ4v) is 2.59. The van der Waals surface area contributed by atoms with Crippen LogP contribution >= 0.6 is 11.8 Å². The molecule has 0 spiro atoms. The highest BCUT2D eigenvalue weighted by molar-refractivity contribution is 7.99. The summed E-state index contributed by atoms with van der Waals surface area (Å²) in [4.78, 5) is 23.8. The predicted octanol–water partition coefficient (Wildman–Crippen LogP) is 0.992. The minimum absolute atomic E-state index is 0.161. The maximum Gasteiger partial charge on any atom is 0.337 e. The second-order valence-electron chi connectivity index (χ2n) is 4.83. The van der Waals surface area contributed by atoms with Crippen LogP contribution in [-0.4, -0.2) is 61.7 Å². The molecule has 0 bridgehead atoms. The van der Waals surface area contributed by atoms with Crippen LogP contribution in [0.2, 0.25) is 0 Å². The Bertz CT molecular complexity index is 732. The Hall–Kier alpha value is -2.53. The van der Waals surface area contributed by atoms with Crippen molar-refractivity contribution < 1.29 is 14.8 Å². The van der Waals surface area contributed by atoms with E-state index in [2.05, 4.69) is 15.5 Å². The lowest BCUT2D eigenvalue weighted by Gasteiger charge is -2.10. The van der Waals surface area contributed by atoms with Gasteiger partial charge in [0.2, 0.25) is 5.16 Å². The van der Waals surface area contributed by atoms with E-state index in [0.717, 1.165) is 17.8 Å². The summed E-state index contributed by atoms with van der Waals surface area (Å²) in [5, 5.41) is 31.7. The lowest BCUT2D eigenvalue weighted by molar-refractivity contribution is -0.384. The Morgan fingerprint density at radius 2 is 2.22 bits per heavy atom. The Labute approximate surface area is 135 Å². The zero-order chi connectivity index (χ0) is 17.0. The van der Waals surface area contributed by atoms with Gasteiger partial charge in [-0.3, -0.25) is 10.1 Å². The van der Waals surface area contributed by atoms with Crippen molar-refractivity contribution in [2.75, 3.05) is 20.6 Å². The molecule has 10 nitrogen and oxygen atoms in total. The van der Waals surface area contributed by atoms with Crippen LogP contribution in [0.5, 0.6) is 0 Å². The summed E-state index contributed by atoms with van der Waals surface area (Å²) in [5.41, 5.74) is -0.440. The molecule has 11 heteroatoms. The Morgan fingerprint density at radius 3 is 2.83 bits per heavy atom. The van der Waals surface area contributed by atoms with Crippen LogP contribution in [0.4, 0.5) is 5.69 Å². The first-order chi connectivity index (χ1) is 10.9. The molecule has 0 radical (unpaired) electrons. The molecule has 2 rings (SSSR count). The number of nitro groups is 1. The van der Waals surface area contributed by atoms with Crippen molar-refractivity contribution in [3.05, 3.63) is 33.9 Å². The monoisotopic (exact) mass is 338 g/mol. The number of benzene rings is 1. The summed E-state index contributed by atoms with van der Waals surface area (Å²) in [6, 6.07) is 3.67. The van der Waals surface area contributed by atoms with Crippen molar-refractivity contribution in [1.82, 2.24) is 25.1 Å². The van der Waals surface area contributed by atoms with Crippen LogP contribution in [0, 0.1) is 10.1 Å². The smallest absolute Gasteiger partial charge is 0.337 e. The quantitative estimate of drug-likeness (QED) is 0.580. The normalized spacial score (nSPS) is 10.9. The number of aromatic carboxylic acids is 1. The van der Waals surface area contributed by atoms with Crippen LogP contribution in [0.25, 0.3) is 0 Å². The van der Waals surface area contributed by atoms with Crippen molar-refractivity contribution in [2.24, 2.45) is 0 Å². The number of nitro benzene ring substituents is 1. The molecule has 0 saturated heterocycles. The number of aromatic nitrogens is 4. The molecular weight excluding hydrogens is 324 g/mol. The third kappa shape index (κ3) is 4.23. The van der Waals surface area contributed by atoms with Crippen molar-refractivity contribution in [2.45, 2.75) is 16.6 Å². The third-order valence-corrected chi connectivity index (χ3v) is 3.91. The van der Waals surface area contributed by atoms with Gasteiger partial charge in [0.25, 0.3) is 5.69 Å². The van der Waals surface area contributed by atoms with Gasteiger partial charge in [0, 0.05) is 23.6 Å². The molecule has 0 aliphatic rings. The van der Waals surface area contributed by atoms with E-state index in [1.807, 2.05) is 19.0 Å². The molecule has 1 aromatic carbocycles. The minimum Gasteiger partial charge on any atom is -0.478 e. The van der Waals surface area contributed by atoms with E-state index in [1.165, 1.54) is 12.1 Å². The second kappa shape index (κ2) is 7.15. The summed E-state index contributed by atoms with van der Waals surface area (Å²) in [6.45, 7) is 1.25. The molecule has 122 valence electrons. The van der Waals surface area contributed by atoms with Crippen LogP contribution in [0.3, 0.4) is 0 Å². The van der Waals surface area contributed by atoms with Gasteiger partial charge in [-0.1, -0.05) is 0 Å². The van der Waals surface area contributed by atoms with Gasteiger partial charge in [0.1, 0.15) is 0 Å². The average molecular weight is 338 g/mol. The Balaban J connectivity index is 2.28. The molecule has 2 aromatic rings. The number of tetrazole rings is 1. The van der Waals surface area contributed by atoms with Crippen molar-refractivity contribution >= 4 is 23.4 Å². The molecule has 0 amide bonds. The average Bonchev–Trinajstić information content (AvgIpc) is 2.92. The number of hydrogen-bond acceptors (Lipinski definition) is 8.